The highest BCUT2D eigenvalue weighted by Crippen LogP contribution is 2.14. The number of rotatable bonds is 19. The molecule has 0 saturated carbocycles. The first kappa shape index (κ1) is 23.6. The summed E-state index contributed by atoms with van der Waals surface area (Å²) in [6, 6.07) is 0. The van der Waals surface area contributed by atoms with Crippen molar-refractivity contribution in [1.82, 2.24) is 0 Å². The maximum Gasteiger partial charge on any atom is 0.166 e. The van der Waals surface area contributed by atoms with Crippen LogP contribution in [-0.4, -0.2) is 5.05 Å². The van der Waals surface area contributed by atoms with Crippen molar-refractivity contribution in [2.45, 2.75) is 122 Å². The van der Waals surface area contributed by atoms with Gasteiger partial charge in [-0.25, -0.2) is 0 Å². The van der Waals surface area contributed by atoms with E-state index in [0.29, 0.717) is 5.05 Å². The van der Waals surface area contributed by atoms with Gasteiger partial charge >= 0.3 is 0 Å². The summed E-state index contributed by atoms with van der Waals surface area (Å²) in [4.78, 5) is 0. The number of hydrogen-bond acceptors (Lipinski definition) is 2. The quantitative estimate of drug-likeness (QED) is 0.131. The molecule has 0 amide bonds. The average molecular weight is 355 g/mol. The molecule has 0 N–H and O–H groups in total. The van der Waals surface area contributed by atoms with Gasteiger partial charge < -0.3 is 4.74 Å². The van der Waals surface area contributed by atoms with Crippen LogP contribution in [0.15, 0.2) is 12.8 Å². The van der Waals surface area contributed by atoms with E-state index in [0.717, 1.165) is 12.8 Å². The topological polar surface area (TPSA) is 9.23 Å². The van der Waals surface area contributed by atoms with Gasteiger partial charge in [-0.2, -0.15) is 0 Å². The van der Waals surface area contributed by atoms with Crippen LogP contribution in [0.4, 0.5) is 0 Å². The first-order valence-corrected chi connectivity index (χ1v) is 11.0. The lowest BCUT2D eigenvalue weighted by Crippen LogP contribution is -1.95. The Bertz CT molecular complexity index is 275. The van der Waals surface area contributed by atoms with Crippen LogP contribution in [0.1, 0.15) is 122 Å². The molecule has 0 saturated heterocycles. The van der Waals surface area contributed by atoms with Crippen LogP contribution >= 0.6 is 12.2 Å². The molecule has 0 aliphatic rings. The SMILES string of the molecule is C=COC(=S)CCCCCCCCCCCCCCCCCCC. The van der Waals surface area contributed by atoms with Gasteiger partial charge in [0.2, 0.25) is 0 Å². The van der Waals surface area contributed by atoms with E-state index in [2.05, 4.69) is 13.5 Å². The van der Waals surface area contributed by atoms with E-state index in [4.69, 9.17) is 17.0 Å². The van der Waals surface area contributed by atoms with Crippen LogP contribution < -0.4 is 0 Å². The summed E-state index contributed by atoms with van der Waals surface area (Å²) in [5.41, 5.74) is 0. The predicted molar refractivity (Wildman–Crippen MR) is 113 cm³/mol. The maximum absolute atomic E-state index is 5.07. The summed E-state index contributed by atoms with van der Waals surface area (Å²) in [6.45, 7) is 5.81. The second-order valence-corrected chi connectivity index (χ2v) is 7.52. The molecule has 0 aromatic rings. The molecule has 0 fully saturated rings. The van der Waals surface area contributed by atoms with Gasteiger partial charge in [-0.05, 0) is 18.6 Å². The molecular formula is C22H42OS. The molecule has 142 valence electrons. The van der Waals surface area contributed by atoms with Crippen molar-refractivity contribution in [2.24, 2.45) is 0 Å². The molecule has 0 radical (unpaired) electrons. The van der Waals surface area contributed by atoms with Crippen LogP contribution in [-0.2, 0) is 4.74 Å². The molecule has 0 aliphatic heterocycles. The molecule has 0 unspecified atom stereocenters. The Kier molecular flexibility index (Phi) is 20.4. The van der Waals surface area contributed by atoms with Crippen molar-refractivity contribution >= 4 is 17.3 Å². The van der Waals surface area contributed by atoms with E-state index in [-0.39, 0.29) is 0 Å². The Morgan fingerprint density at radius 2 is 1.00 bits per heavy atom. The largest absolute Gasteiger partial charge is 0.459 e. The van der Waals surface area contributed by atoms with Crippen molar-refractivity contribution < 1.29 is 4.74 Å². The highest BCUT2D eigenvalue weighted by molar-refractivity contribution is 7.80. The predicted octanol–water partition coefficient (Wildman–Crippen LogP) is 8.52. The third kappa shape index (κ3) is 19.7. The highest BCUT2D eigenvalue weighted by atomic mass is 32.1. The lowest BCUT2D eigenvalue weighted by Gasteiger charge is -2.04. The Morgan fingerprint density at radius 1 is 0.667 bits per heavy atom. The van der Waals surface area contributed by atoms with Crippen molar-refractivity contribution in [3.63, 3.8) is 0 Å². The number of ether oxygens (including phenoxy) is 1. The summed E-state index contributed by atoms with van der Waals surface area (Å²) in [6.07, 6.45) is 26.2. The Labute approximate surface area is 157 Å². The van der Waals surface area contributed by atoms with E-state index in [1.165, 1.54) is 109 Å². The highest BCUT2D eigenvalue weighted by Gasteiger charge is 1.97. The first-order valence-electron chi connectivity index (χ1n) is 10.6. The summed E-state index contributed by atoms with van der Waals surface area (Å²) < 4.78 is 5.07. The Morgan fingerprint density at radius 3 is 1.33 bits per heavy atom. The minimum Gasteiger partial charge on any atom is -0.459 e. The fraction of sp³-hybridized carbons (Fsp3) is 0.864. The zero-order valence-electron chi connectivity index (χ0n) is 16.3. The van der Waals surface area contributed by atoms with E-state index in [9.17, 15) is 0 Å². The number of thiocarbonyl (C=S) groups is 1. The second kappa shape index (κ2) is 20.7. The number of unbranched alkanes of at least 4 members (excludes halogenated alkanes) is 16. The van der Waals surface area contributed by atoms with E-state index < -0.39 is 0 Å². The molecule has 0 spiro atoms. The van der Waals surface area contributed by atoms with E-state index in [1.54, 1.807) is 0 Å². The van der Waals surface area contributed by atoms with Crippen molar-refractivity contribution in [2.75, 3.05) is 0 Å². The zero-order valence-corrected chi connectivity index (χ0v) is 17.1. The van der Waals surface area contributed by atoms with Gasteiger partial charge in [0.25, 0.3) is 0 Å². The van der Waals surface area contributed by atoms with Crippen LogP contribution in [0.25, 0.3) is 0 Å². The molecule has 24 heavy (non-hydrogen) atoms. The maximum atomic E-state index is 5.07. The van der Waals surface area contributed by atoms with Gasteiger partial charge in [0.05, 0.1) is 6.26 Å². The molecular weight excluding hydrogens is 312 g/mol. The smallest absolute Gasteiger partial charge is 0.166 e. The fourth-order valence-corrected chi connectivity index (χ4v) is 3.36. The molecule has 2 heteroatoms. The molecule has 0 aromatic carbocycles. The second-order valence-electron chi connectivity index (χ2n) is 7.06. The Hall–Kier alpha value is -0.370. The lowest BCUT2D eigenvalue weighted by atomic mass is 10.0. The molecule has 0 rings (SSSR count). The molecule has 0 atom stereocenters. The molecule has 0 heterocycles. The van der Waals surface area contributed by atoms with Gasteiger partial charge in [-0.3, -0.25) is 0 Å². The Balaban J connectivity index is 3.02. The summed E-state index contributed by atoms with van der Waals surface area (Å²) in [5.74, 6) is 0. The molecule has 0 aromatic heterocycles. The van der Waals surface area contributed by atoms with Crippen molar-refractivity contribution in [3.05, 3.63) is 12.8 Å². The minimum atomic E-state index is 0.686. The monoisotopic (exact) mass is 354 g/mol. The van der Waals surface area contributed by atoms with Gasteiger partial charge in [0, 0.05) is 6.42 Å². The molecule has 0 bridgehead atoms. The first-order chi connectivity index (χ1) is 11.8. The standard InChI is InChI=1S/C22H42OS/c1-3-5-6-7-8-9-10-11-12-13-14-15-16-17-18-19-20-21-22(24)23-4-2/h4H,2-3,5-21H2,1H3. The van der Waals surface area contributed by atoms with Gasteiger partial charge in [-0.15, -0.1) is 0 Å². The lowest BCUT2D eigenvalue weighted by molar-refractivity contribution is 0.465. The molecule has 1 nitrogen and oxygen atoms in total. The third-order valence-corrected chi connectivity index (χ3v) is 5.00. The summed E-state index contributed by atoms with van der Waals surface area (Å²) in [5, 5.41) is 0.686. The van der Waals surface area contributed by atoms with E-state index >= 15 is 0 Å². The third-order valence-electron chi connectivity index (χ3n) is 4.70. The fourth-order valence-electron chi connectivity index (χ4n) is 3.15. The zero-order chi connectivity index (χ0) is 17.7. The summed E-state index contributed by atoms with van der Waals surface area (Å²) in [7, 11) is 0. The van der Waals surface area contributed by atoms with Crippen molar-refractivity contribution in [3.8, 4) is 0 Å². The van der Waals surface area contributed by atoms with Crippen LogP contribution in [0, 0.1) is 0 Å². The van der Waals surface area contributed by atoms with E-state index in [1.807, 2.05) is 0 Å². The number of hydrogen-bond donors (Lipinski definition) is 0. The van der Waals surface area contributed by atoms with Crippen molar-refractivity contribution in [1.29, 1.82) is 0 Å². The van der Waals surface area contributed by atoms with Gasteiger partial charge in [0.15, 0.2) is 5.05 Å². The van der Waals surface area contributed by atoms with Crippen LogP contribution in [0.5, 0.6) is 0 Å². The average Bonchev–Trinajstić information content (AvgIpc) is 2.58. The van der Waals surface area contributed by atoms with Gasteiger partial charge in [-0.1, -0.05) is 116 Å². The normalized spacial score (nSPS) is 10.7. The molecule has 0 aliphatic carbocycles. The minimum absolute atomic E-state index is 0.686. The summed E-state index contributed by atoms with van der Waals surface area (Å²) >= 11 is 5.07. The van der Waals surface area contributed by atoms with Gasteiger partial charge in [0.1, 0.15) is 0 Å². The van der Waals surface area contributed by atoms with Crippen LogP contribution in [0.3, 0.4) is 0 Å². The van der Waals surface area contributed by atoms with Crippen LogP contribution in [0.2, 0.25) is 0 Å².